The lowest BCUT2D eigenvalue weighted by Gasteiger charge is -2.20. The third kappa shape index (κ3) is 2.11. The SMILES string of the molecule is Cc1ccc2c(c1)OC(c1cccc3ccccc13)=CC2. The van der Waals surface area contributed by atoms with Gasteiger partial charge in [0.1, 0.15) is 11.5 Å². The molecule has 0 aliphatic carbocycles. The molecule has 3 aromatic carbocycles. The highest BCUT2D eigenvalue weighted by Crippen LogP contribution is 2.33. The second-order valence-corrected chi connectivity index (χ2v) is 5.51. The molecule has 1 aliphatic rings. The van der Waals surface area contributed by atoms with Crippen molar-refractivity contribution in [1.29, 1.82) is 0 Å². The van der Waals surface area contributed by atoms with Crippen molar-refractivity contribution in [1.82, 2.24) is 0 Å². The number of ether oxygens (including phenoxy) is 1. The fourth-order valence-electron chi connectivity index (χ4n) is 2.89. The van der Waals surface area contributed by atoms with E-state index in [9.17, 15) is 0 Å². The number of rotatable bonds is 1. The zero-order chi connectivity index (χ0) is 14.2. The van der Waals surface area contributed by atoms with Gasteiger partial charge in [-0.1, -0.05) is 54.6 Å². The van der Waals surface area contributed by atoms with Gasteiger partial charge in [-0.25, -0.2) is 0 Å². The molecule has 0 radical (unpaired) electrons. The van der Waals surface area contributed by atoms with Crippen LogP contribution in [0.4, 0.5) is 0 Å². The molecule has 21 heavy (non-hydrogen) atoms. The highest BCUT2D eigenvalue weighted by molar-refractivity contribution is 5.93. The lowest BCUT2D eigenvalue weighted by Crippen LogP contribution is -2.04. The van der Waals surface area contributed by atoms with E-state index in [4.69, 9.17) is 4.74 Å². The number of allylic oxidation sites excluding steroid dienone is 1. The lowest BCUT2D eigenvalue weighted by atomic mass is 9.99. The average molecular weight is 272 g/mol. The van der Waals surface area contributed by atoms with Crippen molar-refractivity contribution in [3.63, 3.8) is 0 Å². The van der Waals surface area contributed by atoms with Gasteiger partial charge in [-0.15, -0.1) is 0 Å². The summed E-state index contributed by atoms with van der Waals surface area (Å²) in [6.45, 7) is 2.10. The first-order valence-corrected chi connectivity index (χ1v) is 7.27. The quantitative estimate of drug-likeness (QED) is 0.597. The topological polar surface area (TPSA) is 9.23 Å². The van der Waals surface area contributed by atoms with E-state index < -0.39 is 0 Å². The van der Waals surface area contributed by atoms with Gasteiger partial charge in [0.15, 0.2) is 0 Å². The Morgan fingerprint density at radius 3 is 2.71 bits per heavy atom. The first kappa shape index (κ1) is 12.2. The van der Waals surface area contributed by atoms with Gasteiger partial charge in [0.05, 0.1) is 0 Å². The number of benzene rings is 3. The Morgan fingerprint density at radius 2 is 1.76 bits per heavy atom. The Kier molecular flexibility index (Phi) is 2.78. The molecule has 1 heteroatoms. The summed E-state index contributed by atoms with van der Waals surface area (Å²) in [4.78, 5) is 0. The molecule has 0 bridgehead atoms. The van der Waals surface area contributed by atoms with E-state index >= 15 is 0 Å². The predicted molar refractivity (Wildman–Crippen MR) is 87.4 cm³/mol. The van der Waals surface area contributed by atoms with E-state index in [0.29, 0.717) is 0 Å². The van der Waals surface area contributed by atoms with Gasteiger partial charge < -0.3 is 4.74 Å². The maximum Gasteiger partial charge on any atom is 0.131 e. The molecule has 0 atom stereocenters. The van der Waals surface area contributed by atoms with Crippen LogP contribution in [0.2, 0.25) is 0 Å². The number of hydrogen-bond donors (Lipinski definition) is 0. The van der Waals surface area contributed by atoms with Crippen LogP contribution in [0.1, 0.15) is 16.7 Å². The Morgan fingerprint density at radius 1 is 0.905 bits per heavy atom. The van der Waals surface area contributed by atoms with Crippen molar-refractivity contribution in [3.05, 3.63) is 83.4 Å². The summed E-state index contributed by atoms with van der Waals surface area (Å²) in [5, 5.41) is 2.48. The minimum absolute atomic E-state index is 0.925. The molecular weight excluding hydrogens is 256 g/mol. The highest BCUT2D eigenvalue weighted by atomic mass is 16.5. The van der Waals surface area contributed by atoms with E-state index in [1.165, 1.54) is 27.5 Å². The van der Waals surface area contributed by atoms with E-state index in [0.717, 1.165) is 17.9 Å². The second kappa shape index (κ2) is 4.78. The first-order valence-electron chi connectivity index (χ1n) is 7.27. The molecule has 0 amide bonds. The standard InChI is InChI=1S/C20H16O/c1-14-9-10-16-11-12-19(21-20(16)13-14)18-8-4-6-15-5-2-3-7-17(15)18/h2-10,12-13H,11H2,1H3. The van der Waals surface area contributed by atoms with Crippen LogP contribution in [0.25, 0.3) is 16.5 Å². The molecule has 1 aliphatic heterocycles. The Hall–Kier alpha value is -2.54. The minimum atomic E-state index is 0.925. The van der Waals surface area contributed by atoms with Crippen molar-refractivity contribution in [2.24, 2.45) is 0 Å². The Bertz CT molecular complexity index is 853. The summed E-state index contributed by atoms with van der Waals surface area (Å²) in [7, 11) is 0. The molecule has 1 nitrogen and oxygen atoms in total. The molecule has 102 valence electrons. The number of hydrogen-bond acceptors (Lipinski definition) is 1. The van der Waals surface area contributed by atoms with Crippen molar-refractivity contribution < 1.29 is 4.74 Å². The normalized spacial score (nSPS) is 13.5. The molecule has 0 aromatic heterocycles. The average Bonchev–Trinajstić information content (AvgIpc) is 2.53. The molecule has 4 rings (SSSR count). The van der Waals surface area contributed by atoms with Crippen LogP contribution in [0.3, 0.4) is 0 Å². The van der Waals surface area contributed by atoms with Crippen LogP contribution < -0.4 is 4.74 Å². The van der Waals surface area contributed by atoms with Crippen molar-refractivity contribution in [3.8, 4) is 5.75 Å². The number of aryl methyl sites for hydroxylation is 1. The van der Waals surface area contributed by atoms with Gasteiger partial charge >= 0.3 is 0 Å². The largest absolute Gasteiger partial charge is 0.457 e. The Labute approximate surface area is 124 Å². The van der Waals surface area contributed by atoms with Crippen molar-refractivity contribution >= 4 is 16.5 Å². The summed E-state index contributed by atoms with van der Waals surface area (Å²) < 4.78 is 6.17. The van der Waals surface area contributed by atoms with Crippen LogP contribution in [-0.2, 0) is 6.42 Å². The van der Waals surface area contributed by atoms with Crippen LogP contribution in [0.15, 0.2) is 66.7 Å². The molecule has 0 saturated heterocycles. The van der Waals surface area contributed by atoms with Gasteiger partial charge in [-0.05, 0) is 47.4 Å². The van der Waals surface area contributed by atoms with Gasteiger partial charge in [0.25, 0.3) is 0 Å². The molecule has 3 aromatic rings. The summed E-state index contributed by atoms with van der Waals surface area (Å²) in [5.74, 6) is 1.95. The zero-order valence-corrected chi connectivity index (χ0v) is 12.0. The molecule has 0 N–H and O–H groups in total. The van der Waals surface area contributed by atoms with E-state index in [-0.39, 0.29) is 0 Å². The fraction of sp³-hybridized carbons (Fsp3) is 0.100. The predicted octanol–water partition coefficient (Wildman–Crippen LogP) is 5.12. The molecule has 0 spiro atoms. The molecular formula is C20H16O. The molecule has 1 heterocycles. The molecule has 0 saturated carbocycles. The monoisotopic (exact) mass is 272 g/mol. The van der Waals surface area contributed by atoms with E-state index in [1.54, 1.807) is 0 Å². The van der Waals surface area contributed by atoms with Gasteiger partial charge in [-0.2, -0.15) is 0 Å². The molecule has 0 fully saturated rings. The van der Waals surface area contributed by atoms with Crippen molar-refractivity contribution in [2.45, 2.75) is 13.3 Å². The number of fused-ring (bicyclic) bond motifs is 2. The fourth-order valence-corrected chi connectivity index (χ4v) is 2.89. The van der Waals surface area contributed by atoms with E-state index in [2.05, 4.69) is 73.7 Å². The second-order valence-electron chi connectivity index (χ2n) is 5.51. The summed E-state index contributed by atoms with van der Waals surface area (Å²) in [6.07, 6.45) is 3.10. The van der Waals surface area contributed by atoms with Crippen LogP contribution in [0.5, 0.6) is 5.75 Å². The third-order valence-electron chi connectivity index (χ3n) is 4.01. The van der Waals surface area contributed by atoms with Crippen LogP contribution in [-0.4, -0.2) is 0 Å². The van der Waals surface area contributed by atoms with E-state index in [1.807, 2.05) is 0 Å². The third-order valence-corrected chi connectivity index (χ3v) is 4.01. The maximum atomic E-state index is 6.17. The Balaban J connectivity index is 1.82. The van der Waals surface area contributed by atoms with Crippen molar-refractivity contribution in [2.75, 3.05) is 0 Å². The highest BCUT2D eigenvalue weighted by Gasteiger charge is 2.15. The van der Waals surface area contributed by atoms with Crippen LogP contribution in [0, 0.1) is 6.92 Å². The van der Waals surface area contributed by atoms with Gasteiger partial charge in [0, 0.05) is 5.56 Å². The smallest absolute Gasteiger partial charge is 0.131 e. The van der Waals surface area contributed by atoms with Gasteiger partial charge in [0.2, 0.25) is 0 Å². The van der Waals surface area contributed by atoms with Gasteiger partial charge in [-0.3, -0.25) is 0 Å². The zero-order valence-electron chi connectivity index (χ0n) is 12.0. The van der Waals surface area contributed by atoms with Crippen LogP contribution >= 0.6 is 0 Å². The maximum absolute atomic E-state index is 6.17. The minimum Gasteiger partial charge on any atom is -0.457 e. The lowest BCUT2D eigenvalue weighted by molar-refractivity contribution is 0.499. The molecule has 0 unspecified atom stereocenters. The first-order chi connectivity index (χ1) is 10.3. The summed E-state index contributed by atoms with van der Waals surface area (Å²) in [5.41, 5.74) is 3.65. The summed E-state index contributed by atoms with van der Waals surface area (Å²) >= 11 is 0. The summed E-state index contributed by atoms with van der Waals surface area (Å²) in [6, 6.07) is 21.2.